The first-order chi connectivity index (χ1) is 12.0. The van der Waals surface area contributed by atoms with Crippen LogP contribution in [0.4, 0.5) is 6.01 Å². The van der Waals surface area contributed by atoms with Crippen LogP contribution in [0.3, 0.4) is 0 Å². The van der Waals surface area contributed by atoms with Crippen molar-refractivity contribution in [3.05, 3.63) is 59.2 Å². The maximum Gasteiger partial charge on any atom is 0.322 e. The molecule has 25 heavy (non-hydrogen) atoms. The number of aryl methyl sites for hydroxylation is 2. The maximum atomic E-state index is 12.2. The molecule has 0 atom stereocenters. The fraction of sp³-hybridized carbons (Fsp3) is 0.211. The number of hydrogen-bond acceptors (Lipinski definition) is 5. The van der Waals surface area contributed by atoms with Gasteiger partial charge in [0.05, 0.1) is 13.5 Å². The Kier molecular flexibility index (Phi) is 4.79. The van der Waals surface area contributed by atoms with E-state index >= 15 is 0 Å². The number of hydrogen-bond donors (Lipinski definition) is 1. The monoisotopic (exact) mass is 337 g/mol. The molecule has 3 aromatic rings. The van der Waals surface area contributed by atoms with Gasteiger partial charge in [0.2, 0.25) is 11.8 Å². The first-order valence-corrected chi connectivity index (χ1v) is 7.89. The van der Waals surface area contributed by atoms with Gasteiger partial charge in [0.15, 0.2) is 0 Å². The molecule has 0 aliphatic heterocycles. The number of methoxy groups -OCH3 is 1. The van der Waals surface area contributed by atoms with Crippen molar-refractivity contribution in [3.63, 3.8) is 0 Å². The normalized spacial score (nSPS) is 10.5. The van der Waals surface area contributed by atoms with Crippen LogP contribution in [0, 0.1) is 13.8 Å². The summed E-state index contributed by atoms with van der Waals surface area (Å²) in [7, 11) is 1.60. The summed E-state index contributed by atoms with van der Waals surface area (Å²) >= 11 is 0. The molecule has 0 fully saturated rings. The van der Waals surface area contributed by atoms with Crippen molar-refractivity contribution in [2.75, 3.05) is 12.4 Å². The summed E-state index contributed by atoms with van der Waals surface area (Å²) in [6, 6.07) is 13.3. The van der Waals surface area contributed by atoms with E-state index in [-0.39, 0.29) is 18.3 Å². The van der Waals surface area contributed by atoms with Crippen molar-refractivity contribution in [3.8, 4) is 17.2 Å². The molecule has 1 amide bonds. The van der Waals surface area contributed by atoms with Crippen molar-refractivity contribution in [2.24, 2.45) is 0 Å². The van der Waals surface area contributed by atoms with E-state index in [0.29, 0.717) is 5.89 Å². The minimum Gasteiger partial charge on any atom is -0.497 e. The fourth-order valence-electron chi connectivity index (χ4n) is 2.39. The van der Waals surface area contributed by atoms with Crippen LogP contribution < -0.4 is 10.1 Å². The van der Waals surface area contributed by atoms with Gasteiger partial charge in [-0.25, -0.2) is 0 Å². The van der Waals surface area contributed by atoms with Crippen LogP contribution in [0.5, 0.6) is 5.75 Å². The van der Waals surface area contributed by atoms with Gasteiger partial charge in [0, 0.05) is 5.56 Å². The Morgan fingerprint density at radius 1 is 1.08 bits per heavy atom. The van der Waals surface area contributed by atoms with Gasteiger partial charge in [-0.1, -0.05) is 23.3 Å². The van der Waals surface area contributed by atoms with Gasteiger partial charge < -0.3 is 9.15 Å². The second kappa shape index (κ2) is 7.17. The van der Waals surface area contributed by atoms with E-state index in [2.05, 4.69) is 15.5 Å². The Balaban J connectivity index is 1.65. The first kappa shape index (κ1) is 16.7. The molecule has 6 heteroatoms. The second-order valence-corrected chi connectivity index (χ2v) is 5.78. The topological polar surface area (TPSA) is 77.3 Å². The Bertz CT molecular complexity index is 885. The molecule has 0 aliphatic carbocycles. The number of anilines is 1. The van der Waals surface area contributed by atoms with E-state index in [1.165, 1.54) is 5.56 Å². The fourth-order valence-corrected chi connectivity index (χ4v) is 2.39. The molecular formula is C19H19N3O3. The minimum absolute atomic E-state index is 0.0830. The van der Waals surface area contributed by atoms with E-state index < -0.39 is 0 Å². The lowest BCUT2D eigenvalue weighted by molar-refractivity contribution is -0.115. The number of carbonyl (C=O) groups is 1. The Morgan fingerprint density at radius 3 is 2.52 bits per heavy atom. The number of ether oxygens (including phenoxy) is 1. The summed E-state index contributed by atoms with van der Waals surface area (Å²) in [5, 5.41) is 10.5. The van der Waals surface area contributed by atoms with E-state index in [0.717, 1.165) is 22.4 Å². The molecule has 6 nitrogen and oxygen atoms in total. The van der Waals surface area contributed by atoms with Crippen LogP contribution in [0.25, 0.3) is 11.5 Å². The Hall–Kier alpha value is -3.15. The standard InChI is InChI=1S/C19H19N3O3/c1-12-4-5-14(10-13(12)2)11-17(23)20-19-22-21-18(25-19)15-6-8-16(24-3)9-7-15/h4-10H,11H2,1-3H3,(H,20,22,23). The van der Waals surface area contributed by atoms with Gasteiger partial charge in [0.25, 0.3) is 0 Å². The lowest BCUT2D eigenvalue weighted by atomic mass is 10.0. The minimum atomic E-state index is -0.201. The number of aromatic nitrogens is 2. The van der Waals surface area contributed by atoms with Crippen molar-refractivity contribution in [2.45, 2.75) is 20.3 Å². The van der Waals surface area contributed by atoms with Crippen molar-refractivity contribution >= 4 is 11.9 Å². The number of nitrogens with zero attached hydrogens (tertiary/aromatic N) is 2. The number of benzene rings is 2. The zero-order chi connectivity index (χ0) is 17.8. The van der Waals surface area contributed by atoms with Gasteiger partial charge >= 0.3 is 6.01 Å². The number of nitrogens with one attached hydrogen (secondary N) is 1. The van der Waals surface area contributed by atoms with Crippen LogP contribution in [-0.2, 0) is 11.2 Å². The predicted octanol–water partition coefficient (Wildman–Crippen LogP) is 3.54. The molecule has 0 aliphatic rings. The van der Waals surface area contributed by atoms with Crippen molar-refractivity contribution in [1.29, 1.82) is 0 Å². The molecule has 128 valence electrons. The molecule has 0 bridgehead atoms. The molecule has 1 N–H and O–H groups in total. The molecule has 0 radical (unpaired) electrons. The van der Waals surface area contributed by atoms with Crippen molar-refractivity contribution in [1.82, 2.24) is 10.2 Å². The predicted molar refractivity (Wildman–Crippen MR) is 94.5 cm³/mol. The van der Waals surface area contributed by atoms with E-state index in [1.54, 1.807) is 19.2 Å². The zero-order valence-corrected chi connectivity index (χ0v) is 14.4. The van der Waals surface area contributed by atoms with Gasteiger partial charge in [-0.3, -0.25) is 10.1 Å². The third-order valence-electron chi connectivity index (χ3n) is 3.94. The summed E-state index contributed by atoms with van der Waals surface area (Å²) in [5.74, 6) is 0.877. The first-order valence-electron chi connectivity index (χ1n) is 7.89. The van der Waals surface area contributed by atoms with Gasteiger partial charge in [-0.15, -0.1) is 5.10 Å². The highest BCUT2D eigenvalue weighted by molar-refractivity contribution is 5.90. The van der Waals surface area contributed by atoms with E-state index in [4.69, 9.17) is 9.15 Å². The van der Waals surface area contributed by atoms with Crippen LogP contribution in [-0.4, -0.2) is 23.2 Å². The number of amides is 1. The van der Waals surface area contributed by atoms with Crippen LogP contribution in [0.2, 0.25) is 0 Å². The lowest BCUT2D eigenvalue weighted by Crippen LogP contribution is -2.14. The molecule has 3 rings (SSSR count). The average molecular weight is 337 g/mol. The summed E-state index contributed by atoms with van der Waals surface area (Å²) < 4.78 is 10.6. The molecule has 2 aromatic carbocycles. The smallest absolute Gasteiger partial charge is 0.322 e. The van der Waals surface area contributed by atoms with E-state index in [9.17, 15) is 4.79 Å². The average Bonchev–Trinajstić information content (AvgIpc) is 3.06. The maximum absolute atomic E-state index is 12.2. The quantitative estimate of drug-likeness (QED) is 0.770. The van der Waals surface area contributed by atoms with Gasteiger partial charge in [0.1, 0.15) is 5.75 Å². The molecule has 0 unspecified atom stereocenters. The van der Waals surface area contributed by atoms with Crippen LogP contribution >= 0.6 is 0 Å². The Morgan fingerprint density at radius 2 is 1.84 bits per heavy atom. The molecule has 0 saturated heterocycles. The molecule has 0 saturated carbocycles. The highest BCUT2D eigenvalue weighted by Crippen LogP contribution is 2.22. The number of rotatable bonds is 5. The Labute approximate surface area is 145 Å². The second-order valence-electron chi connectivity index (χ2n) is 5.78. The summed E-state index contributed by atoms with van der Waals surface area (Å²) in [4.78, 5) is 12.2. The zero-order valence-electron chi connectivity index (χ0n) is 14.4. The van der Waals surface area contributed by atoms with Crippen LogP contribution in [0.1, 0.15) is 16.7 Å². The summed E-state index contributed by atoms with van der Waals surface area (Å²) in [5.41, 5.74) is 4.05. The van der Waals surface area contributed by atoms with Gasteiger partial charge in [-0.05, 0) is 54.8 Å². The molecular weight excluding hydrogens is 318 g/mol. The summed E-state index contributed by atoms with van der Waals surface area (Å²) in [6.07, 6.45) is 0.251. The highest BCUT2D eigenvalue weighted by Gasteiger charge is 2.12. The molecule has 1 heterocycles. The van der Waals surface area contributed by atoms with Gasteiger partial charge in [-0.2, -0.15) is 0 Å². The highest BCUT2D eigenvalue weighted by atomic mass is 16.5. The molecule has 1 aromatic heterocycles. The van der Waals surface area contributed by atoms with Crippen molar-refractivity contribution < 1.29 is 13.9 Å². The largest absolute Gasteiger partial charge is 0.497 e. The summed E-state index contributed by atoms with van der Waals surface area (Å²) in [6.45, 7) is 4.06. The third kappa shape index (κ3) is 4.03. The molecule has 0 spiro atoms. The third-order valence-corrected chi connectivity index (χ3v) is 3.94. The lowest BCUT2D eigenvalue weighted by Gasteiger charge is -2.04. The van der Waals surface area contributed by atoms with E-state index in [1.807, 2.05) is 44.2 Å². The SMILES string of the molecule is COc1ccc(-c2nnc(NC(=O)Cc3ccc(C)c(C)c3)o2)cc1. The van der Waals surface area contributed by atoms with Crippen LogP contribution in [0.15, 0.2) is 46.9 Å². The number of carbonyl (C=O) groups excluding carboxylic acids is 1.